The van der Waals surface area contributed by atoms with Gasteiger partial charge in [0.25, 0.3) is 0 Å². The van der Waals surface area contributed by atoms with Crippen molar-refractivity contribution in [2.75, 3.05) is 19.3 Å². The average Bonchev–Trinajstić information content (AvgIpc) is 3.08. The molecule has 1 atom stereocenters. The largest absolute Gasteiger partial charge is 0.328 e. The van der Waals surface area contributed by atoms with Crippen molar-refractivity contribution in [3.05, 3.63) is 66.2 Å². The van der Waals surface area contributed by atoms with Crippen LogP contribution in [0.5, 0.6) is 0 Å². The van der Waals surface area contributed by atoms with E-state index in [9.17, 15) is 8.42 Å². The van der Waals surface area contributed by atoms with E-state index in [0.717, 1.165) is 25.3 Å². The number of fused-ring (bicyclic) bond motifs is 2. The maximum atomic E-state index is 11.5. The van der Waals surface area contributed by atoms with Gasteiger partial charge in [-0.15, -0.1) is 0 Å². The van der Waals surface area contributed by atoms with Gasteiger partial charge in [-0.1, -0.05) is 42.5 Å². The normalized spacial score (nSPS) is 18.1. The van der Waals surface area contributed by atoms with Crippen molar-refractivity contribution in [2.45, 2.75) is 19.1 Å². The van der Waals surface area contributed by atoms with E-state index in [1.807, 2.05) is 6.20 Å². The summed E-state index contributed by atoms with van der Waals surface area (Å²) in [6.45, 7) is 2.77. The van der Waals surface area contributed by atoms with Crippen LogP contribution in [-0.4, -0.2) is 42.2 Å². The number of imidazole rings is 1. The van der Waals surface area contributed by atoms with Gasteiger partial charge in [-0.05, 0) is 16.3 Å². The Morgan fingerprint density at radius 3 is 2.85 bits per heavy atom. The summed E-state index contributed by atoms with van der Waals surface area (Å²) in [6.07, 6.45) is 4.85. The number of rotatable bonds is 5. The molecule has 0 saturated heterocycles. The van der Waals surface area contributed by atoms with Gasteiger partial charge < -0.3 is 4.57 Å². The van der Waals surface area contributed by atoms with Crippen LogP contribution in [0.3, 0.4) is 0 Å². The van der Waals surface area contributed by atoms with Crippen LogP contribution in [0.1, 0.15) is 17.3 Å². The zero-order valence-corrected chi connectivity index (χ0v) is 15.5. The summed E-state index contributed by atoms with van der Waals surface area (Å²) < 4.78 is 27.7. The van der Waals surface area contributed by atoms with Crippen molar-refractivity contribution < 1.29 is 8.42 Å². The monoisotopic (exact) mass is 370 g/mol. The van der Waals surface area contributed by atoms with Gasteiger partial charge in [0.05, 0.1) is 24.3 Å². The Labute approximate surface area is 153 Å². The SMILES string of the molecule is CS(=O)(=O)NC[C@H]1CN(Cc2cccc3ccccc23)Cc2cncn21. The number of hydrogen-bond donors (Lipinski definition) is 1. The Morgan fingerprint density at radius 2 is 2.00 bits per heavy atom. The second-order valence-electron chi connectivity index (χ2n) is 6.87. The summed E-state index contributed by atoms with van der Waals surface area (Å²) in [5.41, 5.74) is 2.39. The summed E-state index contributed by atoms with van der Waals surface area (Å²) in [5.74, 6) is 0. The van der Waals surface area contributed by atoms with E-state index < -0.39 is 10.0 Å². The minimum atomic E-state index is -3.22. The van der Waals surface area contributed by atoms with Crippen LogP contribution in [0, 0.1) is 0 Å². The van der Waals surface area contributed by atoms with Crippen molar-refractivity contribution in [2.24, 2.45) is 0 Å². The first kappa shape index (κ1) is 17.2. The zero-order chi connectivity index (χ0) is 18.1. The minimum Gasteiger partial charge on any atom is -0.328 e. The highest BCUT2D eigenvalue weighted by Gasteiger charge is 2.25. The van der Waals surface area contributed by atoms with Crippen LogP contribution >= 0.6 is 0 Å². The van der Waals surface area contributed by atoms with Crippen molar-refractivity contribution in [3.8, 4) is 0 Å². The van der Waals surface area contributed by atoms with E-state index >= 15 is 0 Å². The lowest BCUT2D eigenvalue weighted by atomic mass is 10.0. The number of benzene rings is 2. The third kappa shape index (κ3) is 3.65. The van der Waals surface area contributed by atoms with E-state index in [1.165, 1.54) is 22.6 Å². The fourth-order valence-electron chi connectivity index (χ4n) is 3.67. The Balaban J connectivity index is 1.58. The lowest BCUT2D eigenvalue weighted by Crippen LogP contribution is -2.41. The van der Waals surface area contributed by atoms with Gasteiger partial charge in [-0.3, -0.25) is 4.90 Å². The van der Waals surface area contributed by atoms with E-state index in [1.54, 1.807) is 6.33 Å². The Kier molecular flexibility index (Phi) is 4.52. The number of aromatic nitrogens is 2. The smallest absolute Gasteiger partial charge is 0.208 e. The van der Waals surface area contributed by atoms with Crippen LogP contribution in [0.2, 0.25) is 0 Å². The lowest BCUT2D eigenvalue weighted by Gasteiger charge is -2.34. The molecule has 0 spiro atoms. The molecule has 0 saturated carbocycles. The van der Waals surface area contributed by atoms with E-state index in [4.69, 9.17) is 0 Å². The molecule has 0 radical (unpaired) electrons. The van der Waals surface area contributed by atoms with Crippen LogP contribution in [0.15, 0.2) is 55.0 Å². The summed E-state index contributed by atoms with van der Waals surface area (Å²) in [5, 5.41) is 2.50. The van der Waals surface area contributed by atoms with E-state index in [-0.39, 0.29) is 6.04 Å². The highest BCUT2D eigenvalue weighted by Crippen LogP contribution is 2.25. The van der Waals surface area contributed by atoms with E-state index in [0.29, 0.717) is 6.54 Å². The first-order valence-corrected chi connectivity index (χ1v) is 10.5. The molecular formula is C19H22N4O2S. The molecule has 2 heterocycles. The zero-order valence-electron chi connectivity index (χ0n) is 14.7. The Morgan fingerprint density at radius 1 is 1.19 bits per heavy atom. The third-order valence-corrected chi connectivity index (χ3v) is 5.54. The van der Waals surface area contributed by atoms with Gasteiger partial charge in [0, 0.05) is 32.4 Å². The molecule has 1 aromatic heterocycles. The molecule has 6 nitrogen and oxygen atoms in total. The average molecular weight is 370 g/mol. The summed E-state index contributed by atoms with van der Waals surface area (Å²) >= 11 is 0. The molecule has 136 valence electrons. The van der Waals surface area contributed by atoms with Crippen LogP contribution in [-0.2, 0) is 23.1 Å². The first-order chi connectivity index (χ1) is 12.5. The summed E-state index contributed by atoms with van der Waals surface area (Å²) in [4.78, 5) is 6.60. The van der Waals surface area contributed by atoms with Crippen LogP contribution < -0.4 is 4.72 Å². The molecule has 4 rings (SSSR count). The Bertz CT molecular complexity index is 1020. The van der Waals surface area contributed by atoms with Crippen LogP contribution in [0.25, 0.3) is 10.8 Å². The molecule has 3 aromatic rings. The van der Waals surface area contributed by atoms with E-state index in [2.05, 4.69) is 61.6 Å². The molecule has 1 aliphatic heterocycles. The molecular weight excluding hydrogens is 348 g/mol. The molecule has 26 heavy (non-hydrogen) atoms. The van der Waals surface area contributed by atoms with Crippen molar-refractivity contribution in [1.29, 1.82) is 0 Å². The standard InChI is InChI=1S/C19H22N4O2S/c1-26(24,25)21-10-18-13-22(12-17-9-20-14-23(17)18)11-16-7-4-6-15-5-2-3-8-19(15)16/h2-9,14,18,21H,10-13H2,1H3/t18-/m0/s1. The number of nitrogens with one attached hydrogen (secondary N) is 1. The van der Waals surface area contributed by atoms with Crippen molar-refractivity contribution in [3.63, 3.8) is 0 Å². The molecule has 1 aliphatic rings. The second kappa shape index (κ2) is 6.83. The highest BCUT2D eigenvalue weighted by molar-refractivity contribution is 7.88. The maximum absolute atomic E-state index is 11.5. The fourth-order valence-corrected chi connectivity index (χ4v) is 4.16. The summed E-state index contributed by atoms with van der Waals surface area (Å²) in [6, 6.07) is 14.8. The molecule has 0 fully saturated rings. The van der Waals surface area contributed by atoms with Gasteiger partial charge >= 0.3 is 0 Å². The van der Waals surface area contributed by atoms with Crippen molar-refractivity contribution in [1.82, 2.24) is 19.2 Å². The maximum Gasteiger partial charge on any atom is 0.208 e. The molecule has 0 bridgehead atoms. The molecule has 7 heteroatoms. The van der Waals surface area contributed by atoms with Gasteiger partial charge in [-0.2, -0.15) is 0 Å². The molecule has 1 N–H and O–H groups in total. The van der Waals surface area contributed by atoms with Gasteiger partial charge in [0.2, 0.25) is 10.0 Å². The molecule has 0 aliphatic carbocycles. The number of nitrogens with zero attached hydrogens (tertiary/aromatic N) is 3. The second-order valence-corrected chi connectivity index (χ2v) is 8.71. The first-order valence-electron chi connectivity index (χ1n) is 8.64. The third-order valence-electron chi connectivity index (χ3n) is 4.85. The molecule has 2 aromatic carbocycles. The van der Waals surface area contributed by atoms with Crippen LogP contribution in [0.4, 0.5) is 0 Å². The predicted molar refractivity (Wildman–Crippen MR) is 102 cm³/mol. The topological polar surface area (TPSA) is 67.2 Å². The van der Waals surface area contributed by atoms with Gasteiger partial charge in [-0.25, -0.2) is 18.1 Å². The number of sulfonamides is 1. The molecule has 0 unspecified atom stereocenters. The quantitative estimate of drug-likeness (QED) is 0.747. The summed E-state index contributed by atoms with van der Waals surface area (Å²) in [7, 11) is -3.22. The van der Waals surface area contributed by atoms with Gasteiger partial charge in [0.1, 0.15) is 0 Å². The highest BCUT2D eigenvalue weighted by atomic mass is 32.2. The predicted octanol–water partition coefficient (Wildman–Crippen LogP) is 2.14. The minimum absolute atomic E-state index is 0.0333. The molecule has 0 amide bonds. The van der Waals surface area contributed by atoms with Crippen molar-refractivity contribution >= 4 is 20.8 Å². The fraction of sp³-hybridized carbons (Fsp3) is 0.316. The van der Waals surface area contributed by atoms with Gasteiger partial charge in [0.15, 0.2) is 0 Å². The Hall–Kier alpha value is -2.22. The number of hydrogen-bond acceptors (Lipinski definition) is 4. The lowest BCUT2D eigenvalue weighted by molar-refractivity contribution is 0.178.